The second-order valence-electron chi connectivity index (χ2n) is 3.69. The number of rotatable bonds is 6. The summed E-state index contributed by atoms with van der Waals surface area (Å²) in [6, 6.07) is 8.02. The number of benzene rings is 1. The zero-order chi connectivity index (χ0) is 10.5. The van der Waals surface area contributed by atoms with E-state index in [4.69, 9.17) is 14.2 Å². The van der Waals surface area contributed by atoms with Crippen molar-refractivity contribution in [3.63, 3.8) is 0 Å². The highest BCUT2D eigenvalue weighted by Gasteiger charge is 2.21. The van der Waals surface area contributed by atoms with E-state index in [1.54, 1.807) is 0 Å². The normalized spacial score (nSPS) is 18.9. The Kier molecular flexibility index (Phi) is 3.59. The van der Waals surface area contributed by atoms with Crippen molar-refractivity contribution in [3.05, 3.63) is 29.8 Å². The van der Waals surface area contributed by atoms with Crippen molar-refractivity contribution in [3.8, 4) is 5.75 Å². The Hall–Kier alpha value is -1.06. The molecule has 1 aliphatic rings. The summed E-state index contributed by atoms with van der Waals surface area (Å²) in [6.45, 7) is 4.81. The summed E-state index contributed by atoms with van der Waals surface area (Å²) in [6.07, 6.45) is 0.337. The van der Waals surface area contributed by atoms with E-state index in [2.05, 4.69) is 6.92 Å². The maximum absolute atomic E-state index is 5.50. The molecule has 1 saturated heterocycles. The van der Waals surface area contributed by atoms with Crippen LogP contribution in [-0.4, -0.2) is 32.5 Å². The zero-order valence-electron chi connectivity index (χ0n) is 8.94. The molecule has 1 aromatic rings. The van der Waals surface area contributed by atoms with Gasteiger partial charge in [0.1, 0.15) is 18.5 Å². The molecule has 0 spiro atoms. The van der Waals surface area contributed by atoms with Gasteiger partial charge >= 0.3 is 0 Å². The Bertz CT molecular complexity index is 290. The molecule has 1 heterocycles. The number of aryl methyl sites for hydroxylation is 1. The minimum absolute atomic E-state index is 0.337. The standard InChI is InChI=1S/C12H16O3/c1-10-2-4-11(5-3-10)14-7-6-13-8-12-9-15-12/h2-5,12H,6-9H2,1H3. The summed E-state index contributed by atoms with van der Waals surface area (Å²) in [5.74, 6) is 0.895. The predicted octanol–water partition coefficient (Wildman–Crippen LogP) is 1.79. The molecule has 1 unspecified atom stereocenters. The Labute approximate surface area is 90.0 Å². The maximum Gasteiger partial charge on any atom is 0.119 e. The van der Waals surface area contributed by atoms with Gasteiger partial charge in [-0.2, -0.15) is 0 Å². The SMILES string of the molecule is Cc1ccc(OCCOCC2CO2)cc1. The first-order chi connectivity index (χ1) is 7.34. The van der Waals surface area contributed by atoms with Crippen LogP contribution < -0.4 is 4.74 Å². The van der Waals surface area contributed by atoms with Gasteiger partial charge in [0.2, 0.25) is 0 Å². The topological polar surface area (TPSA) is 31.0 Å². The molecule has 1 aromatic carbocycles. The highest BCUT2D eigenvalue weighted by atomic mass is 16.6. The molecule has 1 atom stereocenters. The average molecular weight is 208 g/mol. The lowest BCUT2D eigenvalue weighted by atomic mass is 10.2. The van der Waals surface area contributed by atoms with Crippen LogP contribution in [0, 0.1) is 6.92 Å². The molecular weight excluding hydrogens is 192 g/mol. The first-order valence-corrected chi connectivity index (χ1v) is 5.23. The lowest BCUT2D eigenvalue weighted by Gasteiger charge is -2.06. The highest BCUT2D eigenvalue weighted by Crippen LogP contribution is 2.11. The van der Waals surface area contributed by atoms with E-state index in [9.17, 15) is 0 Å². The molecule has 0 radical (unpaired) electrons. The van der Waals surface area contributed by atoms with Gasteiger partial charge < -0.3 is 14.2 Å². The minimum atomic E-state index is 0.337. The van der Waals surface area contributed by atoms with Crippen LogP contribution in [0.5, 0.6) is 5.75 Å². The number of ether oxygens (including phenoxy) is 3. The molecule has 3 heteroatoms. The van der Waals surface area contributed by atoms with Gasteiger partial charge in [-0.05, 0) is 19.1 Å². The molecule has 0 aliphatic carbocycles. The van der Waals surface area contributed by atoms with E-state index >= 15 is 0 Å². The fourth-order valence-corrected chi connectivity index (χ4v) is 1.23. The summed E-state index contributed by atoms with van der Waals surface area (Å²) in [5.41, 5.74) is 1.24. The van der Waals surface area contributed by atoms with Gasteiger partial charge in [0.15, 0.2) is 0 Å². The van der Waals surface area contributed by atoms with Crippen molar-refractivity contribution in [2.75, 3.05) is 26.4 Å². The molecule has 1 aliphatic heterocycles. The first kappa shape index (κ1) is 10.5. The zero-order valence-corrected chi connectivity index (χ0v) is 8.94. The molecule has 0 aromatic heterocycles. The molecule has 0 saturated carbocycles. The second kappa shape index (κ2) is 5.14. The molecule has 2 rings (SSSR count). The first-order valence-electron chi connectivity index (χ1n) is 5.23. The molecule has 15 heavy (non-hydrogen) atoms. The van der Waals surface area contributed by atoms with Crippen LogP contribution >= 0.6 is 0 Å². The quantitative estimate of drug-likeness (QED) is 0.527. The maximum atomic E-state index is 5.50. The molecule has 0 N–H and O–H groups in total. The van der Waals surface area contributed by atoms with Gasteiger partial charge in [0, 0.05) is 0 Å². The van der Waals surface area contributed by atoms with Gasteiger partial charge in [-0.15, -0.1) is 0 Å². The fourth-order valence-electron chi connectivity index (χ4n) is 1.23. The molecule has 0 bridgehead atoms. The van der Waals surface area contributed by atoms with Crippen molar-refractivity contribution in [2.24, 2.45) is 0 Å². The largest absolute Gasteiger partial charge is 0.491 e. The number of epoxide rings is 1. The summed E-state index contributed by atoms with van der Waals surface area (Å²) < 4.78 is 15.9. The Morgan fingerprint density at radius 3 is 2.67 bits per heavy atom. The third-order valence-corrected chi connectivity index (χ3v) is 2.22. The Morgan fingerprint density at radius 1 is 1.27 bits per heavy atom. The van der Waals surface area contributed by atoms with Crippen LogP contribution in [0.1, 0.15) is 5.56 Å². The van der Waals surface area contributed by atoms with Gasteiger partial charge in [-0.1, -0.05) is 17.7 Å². The minimum Gasteiger partial charge on any atom is -0.491 e. The van der Waals surface area contributed by atoms with Crippen LogP contribution in [0.2, 0.25) is 0 Å². The molecular formula is C12H16O3. The Morgan fingerprint density at radius 2 is 2.00 bits per heavy atom. The molecule has 0 amide bonds. The van der Waals surface area contributed by atoms with E-state index in [0.717, 1.165) is 12.4 Å². The smallest absolute Gasteiger partial charge is 0.119 e. The molecule has 3 nitrogen and oxygen atoms in total. The molecule has 82 valence electrons. The van der Waals surface area contributed by atoms with Gasteiger partial charge in [-0.3, -0.25) is 0 Å². The lowest BCUT2D eigenvalue weighted by molar-refractivity contribution is 0.0878. The van der Waals surface area contributed by atoms with E-state index < -0.39 is 0 Å². The van der Waals surface area contributed by atoms with Gasteiger partial charge in [-0.25, -0.2) is 0 Å². The third-order valence-electron chi connectivity index (χ3n) is 2.22. The van der Waals surface area contributed by atoms with Crippen molar-refractivity contribution >= 4 is 0 Å². The third kappa shape index (κ3) is 3.90. The summed E-state index contributed by atoms with van der Waals surface area (Å²) in [4.78, 5) is 0. The Balaban J connectivity index is 1.58. The molecule has 1 fully saturated rings. The summed E-state index contributed by atoms with van der Waals surface area (Å²) in [7, 11) is 0. The van der Waals surface area contributed by atoms with E-state index in [1.165, 1.54) is 5.56 Å². The second-order valence-corrected chi connectivity index (χ2v) is 3.69. The van der Waals surface area contributed by atoms with Crippen LogP contribution in [-0.2, 0) is 9.47 Å². The van der Waals surface area contributed by atoms with Gasteiger partial charge in [0.05, 0.1) is 19.8 Å². The fraction of sp³-hybridized carbons (Fsp3) is 0.500. The van der Waals surface area contributed by atoms with Crippen LogP contribution in [0.25, 0.3) is 0 Å². The average Bonchev–Trinajstić information content (AvgIpc) is 3.04. The summed E-state index contributed by atoms with van der Waals surface area (Å²) in [5, 5.41) is 0. The highest BCUT2D eigenvalue weighted by molar-refractivity contribution is 5.26. The monoisotopic (exact) mass is 208 g/mol. The van der Waals surface area contributed by atoms with Crippen LogP contribution in [0.15, 0.2) is 24.3 Å². The predicted molar refractivity (Wildman–Crippen MR) is 57.2 cm³/mol. The van der Waals surface area contributed by atoms with E-state index in [0.29, 0.717) is 25.9 Å². The van der Waals surface area contributed by atoms with Crippen molar-refractivity contribution in [1.82, 2.24) is 0 Å². The van der Waals surface area contributed by atoms with Crippen molar-refractivity contribution < 1.29 is 14.2 Å². The van der Waals surface area contributed by atoms with Crippen molar-refractivity contribution in [2.45, 2.75) is 13.0 Å². The van der Waals surface area contributed by atoms with Crippen LogP contribution in [0.4, 0.5) is 0 Å². The summed E-state index contributed by atoms with van der Waals surface area (Å²) >= 11 is 0. The van der Waals surface area contributed by atoms with Crippen LogP contribution in [0.3, 0.4) is 0 Å². The lowest BCUT2D eigenvalue weighted by Crippen LogP contribution is -2.10. The number of hydrogen-bond donors (Lipinski definition) is 0. The van der Waals surface area contributed by atoms with E-state index in [1.807, 2.05) is 24.3 Å². The number of hydrogen-bond acceptors (Lipinski definition) is 3. The van der Waals surface area contributed by atoms with E-state index in [-0.39, 0.29) is 0 Å². The van der Waals surface area contributed by atoms with Crippen molar-refractivity contribution in [1.29, 1.82) is 0 Å². The van der Waals surface area contributed by atoms with Gasteiger partial charge in [0.25, 0.3) is 0 Å².